The molecule has 0 bridgehead atoms. The average Bonchev–Trinajstić information content (AvgIpc) is 2.77. The van der Waals surface area contributed by atoms with Gasteiger partial charge in [0.2, 0.25) is 0 Å². The molecule has 0 amide bonds. The van der Waals surface area contributed by atoms with Gasteiger partial charge >= 0.3 is 103 Å². The summed E-state index contributed by atoms with van der Waals surface area (Å²) in [5.74, 6) is 0. The normalized spacial score (nSPS) is 11.0. The van der Waals surface area contributed by atoms with E-state index in [1.54, 1.807) is 0 Å². The van der Waals surface area contributed by atoms with Crippen LogP contribution in [0.5, 0.6) is 0 Å². The molecule has 0 atom stereocenters. The van der Waals surface area contributed by atoms with E-state index in [0.29, 0.717) is 0 Å². The molecule has 3 nitrogen and oxygen atoms in total. The minimum atomic E-state index is -0.136. The third kappa shape index (κ3) is 1.92. The zero-order valence-electron chi connectivity index (χ0n) is 8.30. The Balaban J connectivity index is 1.94. The molecule has 0 unspecified atom stereocenters. The maximum absolute atomic E-state index is 4.68. The molecule has 3 aromatic rings. The Morgan fingerprint density at radius 1 is 0.812 bits per heavy atom. The fraction of sp³-hybridized carbons (Fsp3) is 0. The van der Waals surface area contributed by atoms with Gasteiger partial charge in [-0.05, 0) is 0 Å². The van der Waals surface area contributed by atoms with E-state index in [1.165, 1.54) is 7.14 Å². The van der Waals surface area contributed by atoms with E-state index in [9.17, 15) is 0 Å². The Kier molecular flexibility index (Phi) is 2.57. The van der Waals surface area contributed by atoms with Crippen LogP contribution in [0.1, 0.15) is 0 Å². The van der Waals surface area contributed by atoms with Gasteiger partial charge in [0.1, 0.15) is 0 Å². The molecule has 2 aromatic carbocycles. The fourth-order valence-electron chi connectivity index (χ4n) is 1.42. The van der Waals surface area contributed by atoms with E-state index in [2.05, 4.69) is 51.3 Å². The average molecular weight is 323 g/mol. The van der Waals surface area contributed by atoms with Gasteiger partial charge in [0.15, 0.2) is 0 Å². The summed E-state index contributed by atoms with van der Waals surface area (Å²) < 4.78 is 7.41. The zero-order chi connectivity index (χ0) is 10.8. The maximum atomic E-state index is 4.68. The van der Waals surface area contributed by atoms with Crippen molar-refractivity contribution in [2.45, 2.75) is 0 Å². The second kappa shape index (κ2) is 4.21. The molecule has 16 heavy (non-hydrogen) atoms. The summed E-state index contributed by atoms with van der Waals surface area (Å²) in [6, 6.07) is 16.6. The van der Waals surface area contributed by atoms with Crippen LogP contribution < -0.4 is 21.2 Å². The van der Waals surface area contributed by atoms with Crippen LogP contribution in [0.15, 0.2) is 53.2 Å². The van der Waals surface area contributed by atoms with Crippen LogP contribution >= 0.6 is 0 Å². The molecule has 80 valence electrons. The third-order valence-corrected chi connectivity index (χ3v) is 4.80. The predicted octanol–water partition coefficient (Wildman–Crippen LogP) is -0.649. The van der Waals surface area contributed by atoms with Gasteiger partial charge < -0.3 is 0 Å². The Morgan fingerprint density at radius 3 is 2.50 bits per heavy atom. The van der Waals surface area contributed by atoms with Crippen molar-refractivity contribution in [2.24, 2.45) is 0 Å². The number of benzene rings is 2. The van der Waals surface area contributed by atoms with Crippen molar-refractivity contribution < 1.29 is 25.8 Å². The van der Waals surface area contributed by atoms with Gasteiger partial charge in [0.05, 0.1) is 0 Å². The van der Waals surface area contributed by atoms with E-state index in [1.807, 2.05) is 12.1 Å². The van der Waals surface area contributed by atoms with Gasteiger partial charge in [0, 0.05) is 0 Å². The number of halogens is 1. The molecule has 0 fully saturated rings. The van der Waals surface area contributed by atoms with E-state index >= 15 is 0 Å². The Hall–Kier alpha value is -1.43. The molecule has 0 aliphatic rings. The first-order valence-electron chi connectivity index (χ1n) is 4.84. The first-order valence-corrected chi connectivity index (χ1v) is 7.00. The number of hydrogen-bond acceptors (Lipinski definition) is 3. The van der Waals surface area contributed by atoms with E-state index in [-0.39, 0.29) is 21.2 Å². The summed E-state index contributed by atoms with van der Waals surface area (Å²) >= 11 is -0.136. The molecule has 0 saturated heterocycles. The van der Waals surface area contributed by atoms with Crippen LogP contribution in [0.4, 0.5) is 0 Å². The molecule has 0 aliphatic carbocycles. The van der Waals surface area contributed by atoms with Gasteiger partial charge in [-0.3, -0.25) is 0 Å². The first kappa shape index (κ1) is 9.77. The summed E-state index contributed by atoms with van der Waals surface area (Å²) in [7, 11) is 0. The van der Waals surface area contributed by atoms with Crippen molar-refractivity contribution in [3.63, 3.8) is 0 Å². The van der Waals surface area contributed by atoms with E-state index < -0.39 is 0 Å². The standard InChI is InChI=1S/C12H8IN2O/c1-2-4-9(5-3-1)13-10-6-7-11-12(8-10)15-16-14-11/h1-8H/q-1. The third-order valence-electron chi connectivity index (χ3n) is 2.17. The van der Waals surface area contributed by atoms with Gasteiger partial charge in [-0.2, -0.15) is 0 Å². The topological polar surface area (TPSA) is 38.9 Å². The second-order valence-electron chi connectivity index (χ2n) is 3.29. The summed E-state index contributed by atoms with van der Waals surface area (Å²) in [6.45, 7) is 0. The molecule has 0 spiro atoms. The van der Waals surface area contributed by atoms with Crippen LogP contribution in [0.2, 0.25) is 0 Å². The summed E-state index contributed by atoms with van der Waals surface area (Å²) in [5.41, 5.74) is 1.66. The van der Waals surface area contributed by atoms with Gasteiger partial charge in [-0.1, -0.05) is 0 Å². The van der Waals surface area contributed by atoms with Crippen molar-refractivity contribution in [2.75, 3.05) is 0 Å². The summed E-state index contributed by atoms with van der Waals surface area (Å²) in [6.07, 6.45) is 0. The molecule has 3 rings (SSSR count). The molecule has 4 heteroatoms. The van der Waals surface area contributed by atoms with Crippen molar-refractivity contribution in [1.82, 2.24) is 10.3 Å². The molecular formula is C12H8IN2O-. The van der Waals surface area contributed by atoms with E-state index in [0.717, 1.165) is 11.0 Å². The van der Waals surface area contributed by atoms with Crippen LogP contribution in [0.25, 0.3) is 11.0 Å². The second-order valence-corrected chi connectivity index (χ2v) is 6.32. The Morgan fingerprint density at radius 2 is 1.62 bits per heavy atom. The van der Waals surface area contributed by atoms with Crippen LogP contribution in [0.3, 0.4) is 0 Å². The van der Waals surface area contributed by atoms with Crippen molar-refractivity contribution in [3.8, 4) is 0 Å². The Labute approximate surface area is 103 Å². The summed E-state index contributed by atoms with van der Waals surface area (Å²) in [4.78, 5) is 0. The van der Waals surface area contributed by atoms with Crippen molar-refractivity contribution in [3.05, 3.63) is 55.7 Å². The molecule has 1 aromatic heterocycles. The first-order chi connectivity index (χ1) is 7.92. The van der Waals surface area contributed by atoms with Crippen LogP contribution in [-0.2, 0) is 0 Å². The number of rotatable bonds is 2. The number of nitrogens with zero attached hydrogens (tertiary/aromatic N) is 2. The van der Waals surface area contributed by atoms with Crippen LogP contribution in [0, 0.1) is 7.14 Å². The van der Waals surface area contributed by atoms with E-state index in [4.69, 9.17) is 0 Å². The minimum absolute atomic E-state index is 0.136. The van der Waals surface area contributed by atoms with Gasteiger partial charge in [-0.25, -0.2) is 0 Å². The molecule has 0 N–H and O–H groups in total. The quantitative estimate of drug-likeness (QED) is 0.589. The number of fused-ring (bicyclic) bond motifs is 1. The molecule has 0 saturated carbocycles. The summed E-state index contributed by atoms with van der Waals surface area (Å²) in [5, 5.41) is 7.65. The number of aromatic nitrogens is 2. The van der Waals surface area contributed by atoms with Gasteiger partial charge in [-0.15, -0.1) is 0 Å². The molecule has 0 radical (unpaired) electrons. The van der Waals surface area contributed by atoms with Crippen molar-refractivity contribution >= 4 is 11.0 Å². The monoisotopic (exact) mass is 323 g/mol. The Bertz CT molecular complexity index is 606. The van der Waals surface area contributed by atoms with Gasteiger partial charge in [0.25, 0.3) is 0 Å². The fourth-order valence-corrected chi connectivity index (χ4v) is 3.72. The molecule has 0 aliphatic heterocycles. The van der Waals surface area contributed by atoms with Crippen LogP contribution in [-0.4, -0.2) is 10.3 Å². The molecular weight excluding hydrogens is 315 g/mol. The predicted molar refractivity (Wildman–Crippen MR) is 55.6 cm³/mol. The SMILES string of the molecule is c1ccc([I-]c2ccc3nonc3c2)cc1. The van der Waals surface area contributed by atoms with Crippen molar-refractivity contribution in [1.29, 1.82) is 0 Å². The number of hydrogen-bond donors (Lipinski definition) is 0. The molecule has 1 heterocycles. The zero-order valence-corrected chi connectivity index (χ0v) is 10.5.